The van der Waals surface area contributed by atoms with Crippen molar-refractivity contribution in [2.45, 2.75) is 59.2 Å². The normalized spacial score (nSPS) is 16.5. The molecule has 0 saturated heterocycles. The number of carbonyl (C=O) groups excluding carboxylic acids is 2. The summed E-state index contributed by atoms with van der Waals surface area (Å²) in [4.78, 5) is 46.3. The number of halogens is 1. The minimum atomic E-state index is -1.18. The molecule has 0 bridgehead atoms. The zero-order valence-electron chi connectivity index (χ0n) is 26.7. The highest BCUT2D eigenvalue weighted by Gasteiger charge is 2.40. The molecule has 9 nitrogen and oxygen atoms in total. The lowest BCUT2D eigenvalue weighted by Gasteiger charge is -2.32. The Hall–Kier alpha value is -4.09. The van der Waals surface area contributed by atoms with E-state index in [1.807, 2.05) is 76.2 Å². The van der Waals surface area contributed by atoms with Crippen LogP contribution in [0.1, 0.15) is 59.9 Å². The number of benzene rings is 3. The molecule has 2 atom stereocenters. The highest BCUT2D eigenvalue weighted by atomic mass is 35.5. The van der Waals surface area contributed by atoms with E-state index in [4.69, 9.17) is 16.3 Å². The smallest absolute Gasteiger partial charge is 0.303 e. The second-order valence-electron chi connectivity index (χ2n) is 12.5. The van der Waals surface area contributed by atoms with Crippen molar-refractivity contribution in [1.29, 1.82) is 0 Å². The number of fused-ring (bicyclic) bond motifs is 1. The molecule has 1 aliphatic rings. The van der Waals surface area contributed by atoms with Crippen LogP contribution in [-0.2, 0) is 25.5 Å². The number of hydrogen-bond donors (Lipinski definition) is 3. The van der Waals surface area contributed by atoms with Gasteiger partial charge in [0, 0.05) is 45.3 Å². The summed E-state index contributed by atoms with van der Waals surface area (Å²) < 4.78 is 6.62. The molecule has 1 aromatic heterocycles. The van der Waals surface area contributed by atoms with Crippen molar-refractivity contribution in [3.8, 4) is 11.3 Å². The zero-order chi connectivity index (χ0) is 33.9. The summed E-state index contributed by atoms with van der Waals surface area (Å²) in [7, 11) is 0. The maximum Gasteiger partial charge on any atom is 0.303 e. The van der Waals surface area contributed by atoms with E-state index in [1.165, 1.54) is 11.3 Å². The first-order valence-electron chi connectivity index (χ1n) is 15.4. The van der Waals surface area contributed by atoms with Crippen molar-refractivity contribution in [2.75, 3.05) is 23.4 Å². The Kier molecular flexibility index (Phi) is 10.5. The number of anilines is 2. The molecule has 0 aliphatic carbocycles. The number of aliphatic carboxylic acids is 1. The van der Waals surface area contributed by atoms with Crippen LogP contribution in [0, 0.1) is 19.3 Å². The number of thiazole rings is 1. The average molecular weight is 676 g/mol. The van der Waals surface area contributed by atoms with Gasteiger partial charge in [-0.05, 0) is 55.2 Å². The fourth-order valence-corrected chi connectivity index (χ4v) is 6.78. The van der Waals surface area contributed by atoms with E-state index in [0.717, 1.165) is 27.1 Å². The molecule has 0 unspecified atom stereocenters. The second-order valence-corrected chi connectivity index (χ2v) is 14.1. The predicted molar refractivity (Wildman–Crippen MR) is 184 cm³/mol. The first-order chi connectivity index (χ1) is 22.4. The van der Waals surface area contributed by atoms with E-state index in [0.29, 0.717) is 27.1 Å². The van der Waals surface area contributed by atoms with Gasteiger partial charge < -0.3 is 25.2 Å². The predicted octanol–water partition coefficient (Wildman–Crippen LogP) is 6.97. The minimum Gasteiger partial charge on any atom is -0.481 e. The second kappa shape index (κ2) is 14.4. The van der Waals surface area contributed by atoms with Crippen LogP contribution in [0.4, 0.5) is 10.8 Å². The topological polar surface area (TPSA) is 129 Å². The number of ether oxygens (including phenoxy) is 1. The van der Waals surface area contributed by atoms with E-state index < -0.39 is 35.4 Å². The van der Waals surface area contributed by atoms with E-state index in [2.05, 4.69) is 10.3 Å². The Morgan fingerprint density at radius 2 is 1.81 bits per heavy atom. The van der Waals surface area contributed by atoms with E-state index in [-0.39, 0.29) is 32.4 Å². The van der Waals surface area contributed by atoms with Crippen LogP contribution in [0.2, 0.25) is 5.02 Å². The lowest BCUT2D eigenvalue weighted by molar-refractivity contribution is -0.137. The van der Waals surface area contributed by atoms with Crippen LogP contribution in [0.3, 0.4) is 0 Å². The van der Waals surface area contributed by atoms with Crippen LogP contribution in [0.25, 0.3) is 11.3 Å². The first-order valence-corrected chi connectivity index (χ1v) is 16.6. The van der Waals surface area contributed by atoms with Crippen molar-refractivity contribution in [3.63, 3.8) is 0 Å². The third-order valence-electron chi connectivity index (χ3n) is 8.28. The third-order valence-corrected chi connectivity index (χ3v) is 9.54. The number of hydrogen-bond acceptors (Lipinski definition) is 7. The summed E-state index contributed by atoms with van der Waals surface area (Å²) >= 11 is 7.72. The maximum absolute atomic E-state index is 14.3. The largest absolute Gasteiger partial charge is 0.481 e. The lowest BCUT2D eigenvalue weighted by atomic mass is 9.91. The van der Waals surface area contributed by atoms with Gasteiger partial charge in [0.15, 0.2) is 5.13 Å². The molecule has 0 saturated carbocycles. The molecule has 0 spiro atoms. The van der Waals surface area contributed by atoms with Crippen molar-refractivity contribution >= 4 is 51.5 Å². The lowest BCUT2D eigenvalue weighted by Crippen LogP contribution is -2.46. The Morgan fingerprint density at radius 1 is 1.06 bits per heavy atom. The van der Waals surface area contributed by atoms with Crippen LogP contribution >= 0.6 is 22.9 Å². The first kappa shape index (κ1) is 34.3. The van der Waals surface area contributed by atoms with Gasteiger partial charge in [-0.1, -0.05) is 74.0 Å². The molecule has 3 N–H and O–H groups in total. The minimum absolute atomic E-state index is 0.0792. The van der Waals surface area contributed by atoms with Gasteiger partial charge in [-0.15, -0.1) is 11.3 Å². The van der Waals surface area contributed by atoms with Gasteiger partial charge in [0.1, 0.15) is 12.2 Å². The number of aryl methyl sites for hydroxylation is 2. The molecule has 11 heteroatoms. The van der Waals surface area contributed by atoms with Gasteiger partial charge >= 0.3 is 5.97 Å². The molecule has 0 fully saturated rings. The van der Waals surface area contributed by atoms with Crippen LogP contribution in [0.5, 0.6) is 0 Å². The Labute approximate surface area is 283 Å². The molecule has 4 aromatic rings. The fourth-order valence-electron chi connectivity index (χ4n) is 5.60. The van der Waals surface area contributed by atoms with Crippen LogP contribution < -0.4 is 10.2 Å². The summed E-state index contributed by atoms with van der Waals surface area (Å²) in [6.45, 7) is 7.74. The van der Waals surface area contributed by atoms with Crippen molar-refractivity contribution in [2.24, 2.45) is 5.41 Å². The van der Waals surface area contributed by atoms with Crippen LogP contribution in [0.15, 0.2) is 66.7 Å². The summed E-state index contributed by atoms with van der Waals surface area (Å²) in [6, 6.07) is 20.5. The van der Waals surface area contributed by atoms with E-state index in [9.17, 15) is 24.6 Å². The quantitative estimate of drug-likeness (QED) is 0.157. The highest BCUT2D eigenvalue weighted by molar-refractivity contribution is 7.16. The maximum atomic E-state index is 14.3. The number of carboxylic acids is 1. The molecule has 246 valence electrons. The number of amides is 2. The van der Waals surface area contributed by atoms with Crippen LogP contribution in [-0.4, -0.2) is 52.2 Å². The zero-order valence-corrected chi connectivity index (χ0v) is 28.3. The third kappa shape index (κ3) is 7.90. The molecular weight excluding hydrogens is 638 g/mol. The molecule has 2 amide bonds. The summed E-state index contributed by atoms with van der Waals surface area (Å²) in [5.74, 6) is -1.82. The molecule has 3 aromatic carbocycles. The number of aliphatic hydroxyl groups is 1. The highest BCUT2D eigenvalue weighted by Crippen LogP contribution is 2.42. The number of carbonyl (C=O) groups is 3. The van der Waals surface area contributed by atoms with Gasteiger partial charge in [-0.25, -0.2) is 4.98 Å². The molecule has 47 heavy (non-hydrogen) atoms. The van der Waals surface area contributed by atoms with E-state index in [1.54, 1.807) is 23.1 Å². The average Bonchev–Trinajstić information content (AvgIpc) is 3.40. The summed E-state index contributed by atoms with van der Waals surface area (Å²) in [5.41, 5.74) is 4.94. The van der Waals surface area contributed by atoms with Gasteiger partial charge in [-0.2, -0.15) is 0 Å². The van der Waals surface area contributed by atoms with Crippen molar-refractivity contribution in [3.05, 3.63) is 98.9 Å². The van der Waals surface area contributed by atoms with E-state index >= 15 is 0 Å². The van der Waals surface area contributed by atoms with Crippen molar-refractivity contribution < 1.29 is 29.3 Å². The number of nitrogens with zero attached hydrogens (tertiary/aromatic N) is 2. The Morgan fingerprint density at radius 3 is 2.51 bits per heavy atom. The SMILES string of the molecule is Cc1cccc([C@H]2O[C@H](CC(=O)Nc3nc(-c4ccccc4)c(CCC(=O)O)s3)C(=O)N(CC(C)(C)CO)c3ccc(Cl)cc32)c1C. The van der Waals surface area contributed by atoms with Gasteiger partial charge in [0.25, 0.3) is 5.91 Å². The monoisotopic (exact) mass is 675 g/mol. The fraction of sp³-hybridized carbons (Fsp3) is 0.333. The molecule has 1 aliphatic heterocycles. The van der Waals surface area contributed by atoms with Gasteiger partial charge in [0.05, 0.1) is 18.5 Å². The van der Waals surface area contributed by atoms with Crippen molar-refractivity contribution in [1.82, 2.24) is 4.98 Å². The van der Waals surface area contributed by atoms with Gasteiger partial charge in [-0.3, -0.25) is 14.4 Å². The summed E-state index contributed by atoms with van der Waals surface area (Å²) in [5, 5.41) is 23.0. The summed E-state index contributed by atoms with van der Waals surface area (Å²) in [6.07, 6.45) is -2.02. The number of aromatic nitrogens is 1. The number of nitrogens with one attached hydrogen (secondary N) is 1. The molecule has 0 radical (unpaired) electrons. The molecular formula is C36H38ClN3O6S. The Balaban J connectivity index is 1.50. The Bertz CT molecular complexity index is 1790. The van der Waals surface area contributed by atoms with Gasteiger partial charge in [0.2, 0.25) is 5.91 Å². The number of rotatable bonds is 11. The standard InChI is InChI=1S/C36H38ClN3O6S/c1-21-9-8-12-25(22(21)2)33-26-17-24(37)13-14-27(26)40(19-36(3,4)20-41)34(45)28(46-33)18-30(42)38-35-39-32(23-10-6-5-7-11-23)29(47-35)15-16-31(43)44/h5-14,17,28,33,41H,15-16,18-20H2,1-4H3,(H,43,44)(H,38,39,42)/t28-,33-/m1/s1. The number of aliphatic hydroxyl groups excluding tert-OH is 1. The number of carboxylic acid groups (broad SMARTS) is 1. The molecule has 2 heterocycles. The molecule has 5 rings (SSSR count).